The Labute approximate surface area is 154 Å². The highest BCUT2D eigenvalue weighted by molar-refractivity contribution is 5.93. The van der Waals surface area contributed by atoms with Crippen molar-refractivity contribution < 1.29 is 9.72 Å². The number of nitrogens with zero attached hydrogens (tertiary/aromatic N) is 2. The SMILES string of the molecule is Cc1cc(C)c(NC(=O)CN(C)[C@@H](C)c2cccc([N+](=O)[O-])c2)c(C)c1. The zero-order valence-electron chi connectivity index (χ0n) is 15.9. The van der Waals surface area contributed by atoms with Crippen LogP contribution >= 0.6 is 0 Å². The Morgan fingerprint density at radius 3 is 2.38 bits per heavy atom. The number of nitrogens with one attached hydrogen (secondary N) is 1. The van der Waals surface area contributed by atoms with Gasteiger partial charge in [0.1, 0.15) is 0 Å². The highest BCUT2D eigenvalue weighted by Crippen LogP contribution is 2.24. The van der Waals surface area contributed by atoms with Crippen molar-refractivity contribution in [2.45, 2.75) is 33.7 Å². The monoisotopic (exact) mass is 355 g/mol. The summed E-state index contributed by atoms with van der Waals surface area (Å²) in [6.07, 6.45) is 0. The summed E-state index contributed by atoms with van der Waals surface area (Å²) in [4.78, 5) is 24.9. The van der Waals surface area contributed by atoms with Gasteiger partial charge in [0.2, 0.25) is 5.91 Å². The number of amides is 1. The van der Waals surface area contributed by atoms with Gasteiger partial charge in [-0.3, -0.25) is 19.8 Å². The number of hydrogen-bond acceptors (Lipinski definition) is 4. The molecule has 0 fully saturated rings. The van der Waals surface area contributed by atoms with Crippen LogP contribution in [-0.4, -0.2) is 29.3 Å². The summed E-state index contributed by atoms with van der Waals surface area (Å²) in [5.41, 5.74) is 4.93. The summed E-state index contributed by atoms with van der Waals surface area (Å²) >= 11 is 0. The number of benzene rings is 2. The minimum absolute atomic E-state index is 0.0538. The molecule has 26 heavy (non-hydrogen) atoms. The summed E-state index contributed by atoms with van der Waals surface area (Å²) in [6, 6.07) is 10.5. The molecule has 0 unspecified atom stereocenters. The quantitative estimate of drug-likeness (QED) is 0.624. The molecule has 0 spiro atoms. The minimum atomic E-state index is -0.411. The van der Waals surface area contributed by atoms with Gasteiger partial charge >= 0.3 is 0 Å². The number of nitro benzene ring substituents is 1. The summed E-state index contributed by atoms with van der Waals surface area (Å²) < 4.78 is 0. The standard InChI is InChI=1S/C20H25N3O3/c1-13-9-14(2)20(15(3)10-13)21-19(24)12-22(5)16(4)17-7-6-8-18(11-17)23(25)26/h6-11,16H,12H2,1-5H3,(H,21,24)/t16-/m0/s1. The van der Waals surface area contributed by atoms with E-state index in [1.807, 2.05) is 57.8 Å². The number of carbonyl (C=O) groups is 1. The van der Waals surface area contributed by atoms with Crippen molar-refractivity contribution in [1.29, 1.82) is 0 Å². The fourth-order valence-electron chi connectivity index (χ4n) is 3.07. The molecule has 1 amide bonds. The third-order valence-electron chi connectivity index (χ3n) is 4.56. The zero-order valence-corrected chi connectivity index (χ0v) is 15.9. The molecule has 0 aliphatic carbocycles. The molecule has 0 saturated heterocycles. The first-order chi connectivity index (χ1) is 12.2. The Morgan fingerprint density at radius 1 is 1.19 bits per heavy atom. The Bertz CT molecular complexity index is 810. The maximum absolute atomic E-state index is 12.5. The van der Waals surface area contributed by atoms with Crippen LogP contribution in [0.25, 0.3) is 0 Å². The first-order valence-corrected chi connectivity index (χ1v) is 8.51. The molecule has 2 aromatic carbocycles. The van der Waals surface area contributed by atoms with Crippen LogP contribution in [0.15, 0.2) is 36.4 Å². The number of aryl methyl sites for hydroxylation is 3. The van der Waals surface area contributed by atoms with Crippen molar-refractivity contribution in [3.8, 4) is 0 Å². The van der Waals surface area contributed by atoms with E-state index < -0.39 is 4.92 Å². The third kappa shape index (κ3) is 4.67. The highest BCUT2D eigenvalue weighted by atomic mass is 16.6. The third-order valence-corrected chi connectivity index (χ3v) is 4.56. The lowest BCUT2D eigenvalue weighted by atomic mass is 10.0. The van der Waals surface area contributed by atoms with Gasteiger partial charge in [-0.1, -0.05) is 29.8 Å². The molecule has 2 aromatic rings. The van der Waals surface area contributed by atoms with Crippen LogP contribution in [0.3, 0.4) is 0 Å². The van der Waals surface area contributed by atoms with E-state index in [1.54, 1.807) is 12.1 Å². The van der Waals surface area contributed by atoms with Crippen LogP contribution in [0.4, 0.5) is 11.4 Å². The van der Waals surface area contributed by atoms with Gasteiger partial charge < -0.3 is 5.32 Å². The van der Waals surface area contributed by atoms with E-state index >= 15 is 0 Å². The van der Waals surface area contributed by atoms with Crippen LogP contribution in [-0.2, 0) is 4.79 Å². The molecule has 0 aliphatic rings. The average molecular weight is 355 g/mol. The van der Waals surface area contributed by atoms with E-state index in [1.165, 1.54) is 6.07 Å². The number of non-ortho nitro benzene ring substituents is 1. The largest absolute Gasteiger partial charge is 0.324 e. The number of rotatable bonds is 6. The summed E-state index contributed by atoms with van der Waals surface area (Å²) in [7, 11) is 1.83. The van der Waals surface area contributed by atoms with Crippen LogP contribution < -0.4 is 5.32 Å². The fourth-order valence-corrected chi connectivity index (χ4v) is 3.07. The Kier molecular flexibility index (Phi) is 6.10. The van der Waals surface area contributed by atoms with Gasteiger partial charge in [-0.25, -0.2) is 0 Å². The smallest absolute Gasteiger partial charge is 0.269 e. The maximum Gasteiger partial charge on any atom is 0.269 e. The highest BCUT2D eigenvalue weighted by Gasteiger charge is 2.18. The lowest BCUT2D eigenvalue weighted by Gasteiger charge is -2.24. The molecule has 0 aliphatic heterocycles. The molecule has 1 atom stereocenters. The molecule has 0 radical (unpaired) electrons. The van der Waals surface area contributed by atoms with Crippen molar-refractivity contribution in [1.82, 2.24) is 4.90 Å². The van der Waals surface area contributed by atoms with E-state index in [0.29, 0.717) is 0 Å². The molecular formula is C20H25N3O3. The van der Waals surface area contributed by atoms with Gasteiger partial charge in [0.05, 0.1) is 11.5 Å². The molecule has 2 rings (SSSR count). The second-order valence-corrected chi connectivity index (χ2v) is 6.77. The average Bonchev–Trinajstić information content (AvgIpc) is 2.57. The second-order valence-electron chi connectivity index (χ2n) is 6.77. The van der Waals surface area contributed by atoms with E-state index in [2.05, 4.69) is 5.32 Å². The van der Waals surface area contributed by atoms with Crippen molar-refractivity contribution in [2.24, 2.45) is 0 Å². The Balaban J connectivity index is 2.07. The first-order valence-electron chi connectivity index (χ1n) is 8.51. The molecule has 0 bridgehead atoms. The van der Waals surface area contributed by atoms with E-state index in [9.17, 15) is 14.9 Å². The lowest BCUT2D eigenvalue weighted by molar-refractivity contribution is -0.384. The van der Waals surface area contributed by atoms with E-state index in [4.69, 9.17) is 0 Å². The Hall–Kier alpha value is -2.73. The predicted octanol–water partition coefficient (Wildman–Crippen LogP) is 4.15. The Morgan fingerprint density at radius 2 is 1.81 bits per heavy atom. The number of anilines is 1. The van der Waals surface area contributed by atoms with Gasteiger partial charge in [-0.05, 0) is 51.4 Å². The van der Waals surface area contributed by atoms with Gasteiger partial charge in [-0.15, -0.1) is 0 Å². The number of likely N-dealkylation sites (N-methyl/N-ethyl adjacent to an activating group) is 1. The molecule has 6 heteroatoms. The zero-order chi connectivity index (χ0) is 19.4. The number of hydrogen-bond donors (Lipinski definition) is 1. The van der Waals surface area contributed by atoms with Crippen LogP contribution in [0, 0.1) is 30.9 Å². The van der Waals surface area contributed by atoms with Gasteiger partial charge in [0.15, 0.2) is 0 Å². The minimum Gasteiger partial charge on any atom is -0.324 e. The molecule has 1 N–H and O–H groups in total. The summed E-state index contributed by atoms with van der Waals surface area (Å²) in [5.74, 6) is -0.111. The van der Waals surface area contributed by atoms with Crippen molar-refractivity contribution in [3.63, 3.8) is 0 Å². The molecule has 0 aromatic heterocycles. The van der Waals surface area contributed by atoms with Crippen LogP contribution in [0.2, 0.25) is 0 Å². The first kappa shape index (κ1) is 19.6. The van der Waals surface area contributed by atoms with Crippen molar-refractivity contribution in [3.05, 3.63) is 68.8 Å². The normalized spacial score (nSPS) is 12.1. The van der Waals surface area contributed by atoms with Crippen LogP contribution in [0.1, 0.15) is 35.2 Å². The predicted molar refractivity (Wildman–Crippen MR) is 103 cm³/mol. The molecular weight excluding hydrogens is 330 g/mol. The maximum atomic E-state index is 12.5. The van der Waals surface area contributed by atoms with E-state index in [-0.39, 0.29) is 24.2 Å². The van der Waals surface area contributed by atoms with Gasteiger partial charge in [0.25, 0.3) is 5.69 Å². The van der Waals surface area contributed by atoms with Crippen molar-refractivity contribution in [2.75, 3.05) is 18.9 Å². The van der Waals surface area contributed by atoms with Crippen molar-refractivity contribution >= 4 is 17.3 Å². The second kappa shape index (κ2) is 8.10. The number of nitro groups is 1. The molecule has 0 heterocycles. The van der Waals surface area contributed by atoms with E-state index in [0.717, 1.165) is 27.9 Å². The van der Waals surface area contributed by atoms with Gasteiger partial charge in [0, 0.05) is 23.9 Å². The lowest BCUT2D eigenvalue weighted by Crippen LogP contribution is -2.32. The molecule has 0 saturated carbocycles. The number of carbonyl (C=O) groups excluding carboxylic acids is 1. The fraction of sp³-hybridized carbons (Fsp3) is 0.350. The molecule has 6 nitrogen and oxygen atoms in total. The van der Waals surface area contributed by atoms with Gasteiger partial charge in [-0.2, -0.15) is 0 Å². The summed E-state index contributed by atoms with van der Waals surface area (Å²) in [6.45, 7) is 8.10. The van der Waals surface area contributed by atoms with Crippen LogP contribution in [0.5, 0.6) is 0 Å². The topological polar surface area (TPSA) is 75.5 Å². The summed E-state index contributed by atoms with van der Waals surface area (Å²) in [5, 5.41) is 13.9. The molecule has 138 valence electrons.